The van der Waals surface area contributed by atoms with E-state index in [1.54, 1.807) is 0 Å². The van der Waals surface area contributed by atoms with Gasteiger partial charge in [0, 0.05) is 12.6 Å². The minimum atomic E-state index is -0.318. The Labute approximate surface area is 65.0 Å². The molecular weight excluding hydrogens is 144 g/mol. The Bertz CT molecular complexity index is 175. The highest BCUT2D eigenvalue weighted by atomic mass is 16.1. The first-order valence-electron chi connectivity index (χ1n) is 3.28. The topological polar surface area (TPSA) is 105 Å². The molecule has 0 aromatic carbocycles. The Morgan fingerprint density at radius 1 is 1.55 bits per heavy atom. The van der Waals surface area contributed by atoms with E-state index in [2.05, 4.69) is 4.99 Å². The van der Waals surface area contributed by atoms with Crippen molar-refractivity contribution in [2.45, 2.75) is 19.3 Å². The third-order valence-corrected chi connectivity index (χ3v) is 0.987. The minimum Gasteiger partial charge on any atom is -0.370 e. The van der Waals surface area contributed by atoms with Crippen molar-refractivity contribution in [3.63, 3.8) is 0 Å². The number of carbonyl (C=O) groups is 1. The largest absolute Gasteiger partial charge is 0.370 e. The van der Waals surface area contributed by atoms with Gasteiger partial charge in [-0.05, 0) is 12.8 Å². The van der Waals surface area contributed by atoms with Crippen LogP contribution in [0.4, 0.5) is 0 Å². The number of primary amides is 1. The molecule has 0 rings (SSSR count). The lowest BCUT2D eigenvalue weighted by Crippen LogP contribution is -2.10. The summed E-state index contributed by atoms with van der Waals surface area (Å²) < 4.78 is 0. The van der Waals surface area contributed by atoms with Crippen molar-refractivity contribution in [1.82, 2.24) is 0 Å². The summed E-state index contributed by atoms with van der Waals surface area (Å²) in [6, 6.07) is 0. The molecule has 0 fully saturated rings. The molecule has 0 aromatic heterocycles. The van der Waals surface area contributed by atoms with Crippen LogP contribution in [0.5, 0.6) is 0 Å². The van der Waals surface area contributed by atoms with Crippen molar-refractivity contribution >= 4 is 18.1 Å². The van der Waals surface area contributed by atoms with Crippen molar-refractivity contribution in [1.29, 1.82) is 5.41 Å². The average Bonchev–Trinajstić information content (AvgIpc) is 1.85. The first-order chi connectivity index (χ1) is 5.13. The summed E-state index contributed by atoms with van der Waals surface area (Å²) in [5, 5.41) is 6.70. The van der Waals surface area contributed by atoms with Gasteiger partial charge in [-0.1, -0.05) is 0 Å². The molecule has 62 valence electrons. The number of hydrogen-bond acceptors (Lipinski definition) is 2. The molecule has 0 aliphatic carbocycles. The number of nitrogens with one attached hydrogen (secondary N) is 1. The molecule has 5 nitrogen and oxygen atoms in total. The molecule has 11 heavy (non-hydrogen) atoms. The van der Waals surface area contributed by atoms with Crippen LogP contribution in [0.15, 0.2) is 4.99 Å². The van der Waals surface area contributed by atoms with Gasteiger partial charge in [-0.25, -0.2) is 4.99 Å². The molecule has 0 saturated heterocycles. The lowest BCUT2D eigenvalue weighted by atomic mass is 10.2. The molecule has 0 atom stereocenters. The fourth-order valence-electron chi connectivity index (χ4n) is 0.530. The van der Waals surface area contributed by atoms with Gasteiger partial charge in [0.15, 0.2) is 0 Å². The number of unbranched alkanes of at least 4 members (excludes halogenated alkanes) is 1. The van der Waals surface area contributed by atoms with Crippen LogP contribution in [0, 0.1) is 5.41 Å². The Hall–Kier alpha value is -1.39. The van der Waals surface area contributed by atoms with Gasteiger partial charge in [0.1, 0.15) is 0 Å². The Balaban J connectivity index is 3.27. The maximum atomic E-state index is 10.2. The molecule has 0 radical (unpaired) electrons. The van der Waals surface area contributed by atoms with E-state index in [4.69, 9.17) is 16.9 Å². The standard InChI is InChI=1S/C6H12N4O/c7-5(11)3-1-2-4-10-6(8)9/h4H,1-3H2,(H2,7,11)(H3,8,9). The monoisotopic (exact) mass is 156 g/mol. The van der Waals surface area contributed by atoms with E-state index < -0.39 is 0 Å². The van der Waals surface area contributed by atoms with Crippen molar-refractivity contribution in [2.24, 2.45) is 16.5 Å². The van der Waals surface area contributed by atoms with E-state index in [0.717, 1.165) is 0 Å². The minimum absolute atomic E-state index is 0.218. The second kappa shape index (κ2) is 5.40. The highest BCUT2D eigenvalue weighted by Gasteiger charge is 1.91. The summed E-state index contributed by atoms with van der Waals surface area (Å²) in [5.41, 5.74) is 9.81. The third-order valence-electron chi connectivity index (χ3n) is 0.987. The molecule has 0 saturated carbocycles. The van der Waals surface area contributed by atoms with Crippen LogP contribution in [-0.2, 0) is 4.79 Å². The highest BCUT2D eigenvalue weighted by molar-refractivity contribution is 5.84. The molecule has 0 aliphatic heterocycles. The first kappa shape index (κ1) is 9.61. The van der Waals surface area contributed by atoms with E-state index in [-0.39, 0.29) is 11.9 Å². The summed E-state index contributed by atoms with van der Waals surface area (Å²) >= 11 is 0. The number of aliphatic imine (C=N–C) groups is 1. The molecule has 1 amide bonds. The molecule has 0 spiro atoms. The summed E-state index contributed by atoms with van der Waals surface area (Å²) in [6.45, 7) is 0. The lowest BCUT2D eigenvalue weighted by Gasteiger charge is -1.90. The van der Waals surface area contributed by atoms with Gasteiger partial charge in [0.2, 0.25) is 11.9 Å². The number of guanidine groups is 1. The fourth-order valence-corrected chi connectivity index (χ4v) is 0.530. The van der Waals surface area contributed by atoms with Gasteiger partial charge < -0.3 is 11.5 Å². The van der Waals surface area contributed by atoms with Gasteiger partial charge in [0.05, 0.1) is 0 Å². The van der Waals surface area contributed by atoms with Crippen LogP contribution in [0.25, 0.3) is 0 Å². The van der Waals surface area contributed by atoms with Gasteiger partial charge in [-0.15, -0.1) is 0 Å². The summed E-state index contributed by atoms with van der Waals surface area (Å²) in [7, 11) is 0. The SMILES string of the molecule is N=C(N)N=CCCCC(N)=O. The molecular formula is C6H12N4O. The Morgan fingerprint density at radius 2 is 2.18 bits per heavy atom. The zero-order chi connectivity index (χ0) is 8.69. The zero-order valence-corrected chi connectivity index (χ0v) is 6.21. The highest BCUT2D eigenvalue weighted by Crippen LogP contribution is 1.90. The van der Waals surface area contributed by atoms with Gasteiger partial charge in [-0.3, -0.25) is 10.2 Å². The van der Waals surface area contributed by atoms with Crippen molar-refractivity contribution in [3.05, 3.63) is 0 Å². The van der Waals surface area contributed by atoms with E-state index in [0.29, 0.717) is 19.3 Å². The van der Waals surface area contributed by atoms with Crippen LogP contribution < -0.4 is 11.5 Å². The molecule has 5 heteroatoms. The Morgan fingerprint density at radius 3 is 2.64 bits per heavy atom. The zero-order valence-electron chi connectivity index (χ0n) is 6.21. The maximum Gasteiger partial charge on any atom is 0.217 e. The van der Waals surface area contributed by atoms with Gasteiger partial charge in [-0.2, -0.15) is 0 Å². The third kappa shape index (κ3) is 8.61. The van der Waals surface area contributed by atoms with Crippen LogP contribution >= 0.6 is 0 Å². The van der Waals surface area contributed by atoms with E-state index in [9.17, 15) is 4.79 Å². The average molecular weight is 156 g/mol. The predicted octanol–water partition coefficient (Wildman–Crippen LogP) is -0.394. The van der Waals surface area contributed by atoms with Crippen LogP contribution in [0.2, 0.25) is 0 Å². The quantitative estimate of drug-likeness (QED) is 0.293. The first-order valence-corrected chi connectivity index (χ1v) is 3.28. The smallest absolute Gasteiger partial charge is 0.217 e. The Kier molecular flexibility index (Phi) is 4.72. The molecule has 0 unspecified atom stereocenters. The molecule has 0 aliphatic rings. The predicted molar refractivity (Wildman–Crippen MR) is 43.5 cm³/mol. The molecule has 0 aromatic rings. The van der Waals surface area contributed by atoms with Gasteiger partial charge >= 0.3 is 0 Å². The number of hydrogen-bond donors (Lipinski definition) is 3. The van der Waals surface area contributed by atoms with E-state index >= 15 is 0 Å². The summed E-state index contributed by atoms with van der Waals surface area (Å²) in [4.78, 5) is 13.7. The van der Waals surface area contributed by atoms with Gasteiger partial charge in [0.25, 0.3) is 0 Å². The normalized spacial score (nSPS) is 10.2. The number of nitrogens with two attached hydrogens (primary N) is 2. The fraction of sp³-hybridized carbons (Fsp3) is 0.500. The number of nitrogens with zero attached hydrogens (tertiary/aromatic N) is 1. The van der Waals surface area contributed by atoms with E-state index in [1.165, 1.54) is 6.21 Å². The van der Waals surface area contributed by atoms with Crippen LogP contribution in [0.1, 0.15) is 19.3 Å². The number of amides is 1. The lowest BCUT2D eigenvalue weighted by molar-refractivity contribution is -0.118. The second-order valence-electron chi connectivity index (χ2n) is 2.06. The molecule has 0 heterocycles. The number of rotatable bonds is 4. The molecule has 5 N–H and O–H groups in total. The molecule has 0 bridgehead atoms. The number of carbonyl (C=O) groups excluding carboxylic acids is 1. The second-order valence-corrected chi connectivity index (χ2v) is 2.06. The van der Waals surface area contributed by atoms with Crippen molar-refractivity contribution in [3.8, 4) is 0 Å². The van der Waals surface area contributed by atoms with Crippen LogP contribution in [-0.4, -0.2) is 18.1 Å². The summed E-state index contributed by atoms with van der Waals surface area (Å²) in [6.07, 6.45) is 3.14. The van der Waals surface area contributed by atoms with Crippen LogP contribution in [0.3, 0.4) is 0 Å². The maximum absolute atomic E-state index is 10.2. The van der Waals surface area contributed by atoms with Crippen molar-refractivity contribution in [2.75, 3.05) is 0 Å². The van der Waals surface area contributed by atoms with Crippen molar-refractivity contribution < 1.29 is 4.79 Å². The van der Waals surface area contributed by atoms with E-state index in [1.807, 2.05) is 0 Å². The summed E-state index contributed by atoms with van der Waals surface area (Å²) in [5.74, 6) is -0.537.